The van der Waals surface area contributed by atoms with Gasteiger partial charge in [0.25, 0.3) is 0 Å². The summed E-state index contributed by atoms with van der Waals surface area (Å²) < 4.78 is 13.9. The van der Waals surface area contributed by atoms with Gasteiger partial charge in [-0.25, -0.2) is 4.39 Å². The van der Waals surface area contributed by atoms with Gasteiger partial charge in [0.15, 0.2) is 0 Å². The molecule has 0 amide bonds. The van der Waals surface area contributed by atoms with E-state index in [0.29, 0.717) is 11.6 Å². The quantitative estimate of drug-likeness (QED) is 0.869. The van der Waals surface area contributed by atoms with Crippen molar-refractivity contribution in [2.24, 2.45) is 5.92 Å². The van der Waals surface area contributed by atoms with E-state index in [0.717, 1.165) is 31.0 Å². The molecule has 18 heavy (non-hydrogen) atoms. The van der Waals surface area contributed by atoms with Gasteiger partial charge in [-0.15, -0.1) is 0 Å². The van der Waals surface area contributed by atoms with Gasteiger partial charge in [0.2, 0.25) is 0 Å². The molecule has 1 N–H and O–H groups in total. The van der Waals surface area contributed by atoms with Gasteiger partial charge in [0.05, 0.1) is 6.10 Å². The summed E-state index contributed by atoms with van der Waals surface area (Å²) in [6.45, 7) is 6.99. The molecule has 2 unspecified atom stereocenters. The van der Waals surface area contributed by atoms with E-state index in [1.165, 1.54) is 6.07 Å². The second kappa shape index (κ2) is 5.27. The highest BCUT2D eigenvalue weighted by molar-refractivity contribution is 5.56. The molecule has 1 heterocycles. The first-order chi connectivity index (χ1) is 8.50. The van der Waals surface area contributed by atoms with Crippen molar-refractivity contribution >= 4 is 5.69 Å². The third-order valence-electron chi connectivity index (χ3n) is 3.90. The molecule has 1 aliphatic heterocycles. The van der Waals surface area contributed by atoms with Gasteiger partial charge in [0.1, 0.15) is 5.82 Å². The smallest absolute Gasteiger partial charge is 0.131 e. The van der Waals surface area contributed by atoms with E-state index in [9.17, 15) is 9.50 Å². The van der Waals surface area contributed by atoms with Crippen LogP contribution in [0.5, 0.6) is 0 Å². The summed E-state index contributed by atoms with van der Waals surface area (Å²) in [5, 5.41) is 9.79. The molecule has 0 aliphatic carbocycles. The highest BCUT2D eigenvalue weighted by Gasteiger charge is 2.26. The lowest BCUT2D eigenvalue weighted by molar-refractivity contribution is 0.194. The molecular formula is C15H22FNO. The van der Waals surface area contributed by atoms with E-state index >= 15 is 0 Å². The SMILES string of the molecule is CC1CCN(c2cccc(F)c2[C@@H](C)O)C(C)C1. The van der Waals surface area contributed by atoms with Crippen molar-refractivity contribution in [3.05, 3.63) is 29.6 Å². The fourth-order valence-electron chi connectivity index (χ4n) is 2.95. The zero-order valence-corrected chi connectivity index (χ0v) is 11.4. The number of rotatable bonds is 2. The van der Waals surface area contributed by atoms with Gasteiger partial charge in [0, 0.05) is 23.8 Å². The van der Waals surface area contributed by atoms with Gasteiger partial charge >= 0.3 is 0 Å². The van der Waals surface area contributed by atoms with Crippen molar-refractivity contribution < 1.29 is 9.50 Å². The second-order valence-corrected chi connectivity index (χ2v) is 5.52. The second-order valence-electron chi connectivity index (χ2n) is 5.52. The van der Waals surface area contributed by atoms with E-state index in [2.05, 4.69) is 18.7 Å². The Kier molecular flexibility index (Phi) is 3.91. The molecular weight excluding hydrogens is 229 g/mol. The Morgan fingerprint density at radius 2 is 2.11 bits per heavy atom. The van der Waals surface area contributed by atoms with Crippen LogP contribution in [0.4, 0.5) is 10.1 Å². The van der Waals surface area contributed by atoms with Crippen LogP contribution in [-0.4, -0.2) is 17.7 Å². The van der Waals surface area contributed by atoms with Crippen LogP contribution in [0.2, 0.25) is 0 Å². The number of halogens is 1. The predicted octanol–water partition coefficient (Wildman–Crippen LogP) is 3.50. The fourth-order valence-corrected chi connectivity index (χ4v) is 2.95. The summed E-state index contributed by atoms with van der Waals surface area (Å²) >= 11 is 0. The molecule has 0 saturated carbocycles. The molecule has 2 nitrogen and oxygen atoms in total. The van der Waals surface area contributed by atoms with Crippen LogP contribution >= 0.6 is 0 Å². The fraction of sp³-hybridized carbons (Fsp3) is 0.600. The number of nitrogens with zero attached hydrogens (tertiary/aromatic N) is 1. The van der Waals surface area contributed by atoms with Crippen LogP contribution in [0.15, 0.2) is 18.2 Å². The molecule has 0 radical (unpaired) electrons. The first kappa shape index (κ1) is 13.3. The molecule has 1 fully saturated rings. The number of aliphatic hydroxyl groups is 1. The minimum atomic E-state index is -0.771. The van der Waals surface area contributed by atoms with Gasteiger partial charge in [-0.1, -0.05) is 13.0 Å². The highest BCUT2D eigenvalue weighted by Crippen LogP contribution is 2.34. The van der Waals surface area contributed by atoms with Crippen molar-refractivity contribution in [2.45, 2.75) is 45.8 Å². The van der Waals surface area contributed by atoms with Gasteiger partial charge in [-0.3, -0.25) is 0 Å². The summed E-state index contributed by atoms with van der Waals surface area (Å²) in [6.07, 6.45) is 1.48. The number of aliphatic hydroxyl groups excluding tert-OH is 1. The Morgan fingerprint density at radius 3 is 2.72 bits per heavy atom. The molecule has 0 bridgehead atoms. The summed E-state index contributed by atoms with van der Waals surface area (Å²) in [6, 6.07) is 5.45. The summed E-state index contributed by atoms with van der Waals surface area (Å²) in [5.41, 5.74) is 1.28. The Bertz CT molecular complexity index is 419. The van der Waals surface area contributed by atoms with E-state index in [1.54, 1.807) is 13.0 Å². The maximum Gasteiger partial charge on any atom is 0.131 e. The Labute approximate surface area is 108 Å². The number of benzene rings is 1. The van der Waals surface area contributed by atoms with E-state index in [-0.39, 0.29) is 5.82 Å². The summed E-state index contributed by atoms with van der Waals surface area (Å²) in [4.78, 5) is 2.23. The van der Waals surface area contributed by atoms with Gasteiger partial charge in [-0.05, 0) is 44.7 Å². The molecule has 1 saturated heterocycles. The number of anilines is 1. The van der Waals surface area contributed by atoms with Crippen LogP contribution in [0.1, 0.15) is 45.3 Å². The van der Waals surface area contributed by atoms with Gasteiger partial charge in [-0.2, -0.15) is 0 Å². The Hall–Kier alpha value is -1.09. The van der Waals surface area contributed by atoms with Crippen molar-refractivity contribution in [3.63, 3.8) is 0 Å². The molecule has 1 aromatic rings. The molecule has 3 atom stereocenters. The van der Waals surface area contributed by atoms with E-state index in [4.69, 9.17) is 0 Å². The maximum atomic E-state index is 13.9. The highest BCUT2D eigenvalue weighted by atomic mass is 19.1. The van der Waals surface area contributed by atoms with Crippen LogP contribution < -0.4 is 4.90 Å². The maximum absolute atomic E-state index is 13.9. The topological polar surface area (TPSA) is 23.5 Å². The third kappa shape index (κ3) is 2.51. The average molecular weight is 251 g/mol. The van der Waals surface area contributed by atoms with E-state index < -0.39 is 6.10 Å². The molecule has 2 rings (SSSR count). The molecule has 1 aromatic carbocycles. The molecule has 1 aliphatic rings. The van der Waals surface area contributed by atoms with Gasteiger partial charge < -0.3 is 10.0 Å². The van der Waals surface area contributed by atoms with Crippen molar-refractivity contribution in [2.75, 3.05) is 11.4 Å². The zero-order valence-electron chi connectivity index (χ0n) is 11.4. The number of hydrogen-bond acceptors (Lipinski definition) is 2. The Morgan fingerprint density at radius 1 is 1.39 bits per heavy atom. The summed E-state index contributed by atoms with van der Waals surface area (Å²) in [5.74, 6) is 0.410. The van der Waals surface area contributed by atoms with E-state index in [1.807, 2.05) is 6.07 Å². The van der Waals surface area contributed by atoms with Crippen LogP contribution in [0.25, 0.3) is 0 Å². The number of hydrogen-bond donors (Lipinski definition) is 1. The lowest BCUT2D eigenvalue weighted by Gasteiger charge is -2.39. The van der Waals surface area contributed by atoms with Crippen molar-refractivity contribution in [1.82, 2.24) is 0 Å². The minimum absolute atomic E-state index is 0.312. The standard InChI is InChI=1S/C15H22FNO/c1-10-7-8-17(11(2)9-10)14-6-4-5-13(16)15(14)12(3)18/h4-6,10-12,18H,7-9H2,1-3H3/t10?,11?,12-/m1/s1. The summed E-state index contributed by atoms with van der Waals surface area (Å²) in [7, 11) is 0. The first-order valence-corrected chi connectivity index (χ1v) is 6.73. The van der Waals surface area contributed by atoms with Crippen LogP contribution in [0.3, 0.4) is 0 Å². The minimum Gasteiger partial charge on any atom is -0.389 e. The van der Waals surface area contributed by atoms with Crippen LogP contribution in [-0.2, 0) is 0 Å². The number of piperidine rings is 1. The van der Waals surface area contributed by atoms with Crippen molar-refractivity contribution in [1.29, 1.82) is 0 Å². The monoisotopic (exact) mass is 251 g/mol. The Balaban J connectivity index is 2.36. The zero-order chi connectivity index (χ0) is 13.3. The predicted molar refractivity (Wildman–Crippen MR) is 72.2 cm³/mol. The molecule has 3 heteroatoms. The molecule has 0 aromatic heterocycles. The molecule has 100 valence electrons. The lowest BCUT2D eigenvalue weighted by atomic mass is 9.92. The first-order valence-electron chi connectivity index (χ1n) is 6.73. The van der Waals surface area contributed by atoms with Crippen LogP contribution in [0, 0.1) is 11.7 Å². The average Bonchev–Trinajstić information content (AvgIpc) is 2.28. The molecule has 0 spiro atoms. The van der Waals surface area contributed by atoms with Crippen molar-refractivity contribution in [3.8, 4) is 0 Å². The third-order valence-corrected chi connectivity index (χ3v) is 3.90. The normalized spacial score (nSPS) is 26.2. The lowest BCUT2D eigenvalue weighted by Crippen LogP contribution is -2.41. The largest absolute Gasteiger partial charge is 0.389 e.